The van der Waals surface area contributed by atoms with E-state index in [4.69, 9.17) is 0 Å². The van der Waals surface area contributed by atoms with Crippen molar-refractivity contribution in [3.8, 4) is 0 Å². The minimum Gasteiger partial charge on any atom is -0.369 e. The van der Waals surface area contributed by atoms with Crippen LogP contribution in [0.1, 0.15) is 26.6 Å². The SMILES string of the molecule is Cc1cccc(CNC(=O)c2csc(CN3CCN(c4ccc(F)cc4)CC3)n2)c1. The predicted octanol–water partition coefficient (Wildman–Crippen LogP) is 3.84. The summed E-state index contributed by atoms with van der Waals surface area (Å²) < 4.78 is 13.1. The summed E-state index contributed by atoms with van der Waals surface area (Å²) in [7, 11) is 0. The van der Waals surface area contributed by atoms with Crippen LogP contribution < -0.4 is 10.2 Å². The first-order valence-corrected chi connectivity index (χ1v) is 11.0. The third-order valence-electron chi connectivity index (χ3n) is 5.24. The lowest BCUT2D eigenvalue weighted by atomic mass is 10.1. The zero-order valence-electron chi connectivity index (χ0n) is 17.0. The monoisotopic (exact) mass is 424 g/mol. The summed E-state index contributed by atoms with van der Waals surface area (Å²) in [5.41, 5.74) is 3.79. The zero-order valence-corrected chi connectivity index (χ0v) is 17.8. The molecule has 30 heavy (non-hydrogen) atoms. The second-order valence-electron chi connectivity index (χ2n) is 7.54. The first kappa shape index (κ1) is 20.5. The summed E-state index contributed by atoms with van der Waals surface area (Å²) in [6.45, 7) is 6.88. The largest absolute Gasteiger partial charge is 0.369 e. The summed E-state index contributed by atoms with van der Waals surface area (Å²) in [6, 6.07) is 14.8. The third-order valence-corrected chi connectivity index (χ3v) is 6.08. The van der Waals surface area contributed by atoms with Gasteiger partial charge in [-0.3, -0.25) is 9.69 Å². The van der Waals surface area contributed by atoms with Crippen LogP contribution in [-0.2, 0) is 13.1 Å². The van der Waals surface area contributed by atoms with Crippen molar-refractivity contribution in [2.45, 2.75) is 20.0 Å². The molecule has 0 radical (unpaired) electrons. The van der Waals surface area contributed by atoms with Crippen molar-refractivity contribution in [3.05, 3.63) is 81.6 Å². The minimum atomic E-state index is -0.208. The van der Waals surface area contributed by atoms with Crippen molar-refractivity contribution in [1.82, 2.24) is 15.2 Å². The number of thiazole rings is 1. The molecule has 0 aliphatic carbocycles. The van der Waals surface area contributed by atoms with E-state index in [0.717, 1.165) is 49.0 Å². The fraction of sp³-hybridized carbons (Fsp3) is 0.304. The molecule has 1 aliphatic heterocycles. The van der Waals surface area contributed by atoms with Crippen molar-refractivity contribution in [3.63, 3.8) is 0 Å². The predicted molar refractivity (Wildman–Crippen MR) is 118 cm³/mol. The lowest BCUT2D eigenvalue weighted by molar-refractivity contribution is 0.0946. The normalized spacial score (nSPS) is 14.7. The van der Waals surface area contributed by atoms with Crippen LogP contribution in [0, 0.1) is 12.7 Å². The Morgan fingerprint density at radius 2 is 1.90 bits per heavy atom. The van der Waals surface area contributed by atoms with Crippen LogP contribution in [0.15, 0.2) is 53.9 Å². The molecule has 1 aliphatic rings. The van der Waals surface area contributed by atoms with E-state index in [2.05, 4.69) is 26.2 Å². The number of carbonyl (C=O) groups excluding carboxylic acids is 1. The Morgan fingerprint density at radius 1 is 1.13 bits per heavy atom. The maximum absolute atomic E-state index is 13.1. The lowest BCUT2D eigenvalue weighted by Gasteiger charge is -2.35. The van der Waals surface area contributed by atoms with Crippen LogP contribution in [0.25, 0.3) is 0 Å². The van der Waals surface area contributed by atoms with Gasteiger partial charge in [-0.25, -0.2) is 9.37 Å². The van der Waals surface area contributed by atoms with Gasteiger partial charge in [0.2, 0.25) is 0 Å². The topological polar surface area (TPSA) is 48.5 Å². The van der Waals surface area contributed by atoms with E-state index in [1.807, 2.05) is 42.6 Å². The summed E-state index contributed by atoms with van der Waals surface area (Å²) in [5, 5.41) is 5.72. The van der Waals surface area contributed by atoms with E-state index in [1.54, 1.807) is 0 Å². The molecule has 156 valence electrons. The number of piperazine rings is 1. The highest BCUT2D eigenvalue weighted by Gasteiger charge is 2.19. The van der Waals surface area contributed by atoms with Gasteiger partial charge in [0.25, 0.3) is 5.91 Å². The highest BCUT2D eigenvalue weighted by atomic mass is 32.1. The van der Waals surface area contributed by atoms with E-state index in [0.29, 0.717) is 12.2 Å². The number of halogens is 1. The number of nitrogens with zero attached hydrogens (tertiary/aromatic N) is 3. The molecule has 0 unspecified atom stereocenters. The van der Waals surface area contributed by atoms with Crippen LogP contribution in [0.2, 0.25) is 0 Å². The van der Waals surface area contributed by atoms with Gasteiger partial charge in [0.15, 0.2) is 0 Å². The number of rotatable bonds is 6. The van der Waals surface area contributed by atoms with Crippen molar-refractivity contribution < 1.29 is 9.18 Å². The minimum absolute atomic E-state index is 0.139. The second-order valence-corrected chi connectivity index (χ2v) is 8.48. The molecule has 0 atom stereocenters. The molecule has 1 fully saturated rings. The van der Waals surface area contributed by atoms with Crippen LogP contribution >= 0.6 is 11.3 Å². The molecule has 1 N–H and O–H groups in total. The standard InChI is InChI=1S/C23H25FN4OS/c1-17-3-2-4-18(13-17)14-25-23(29)21-16-30-22(26-21)15-27-9-11-28(12-10-27)20-7-5-19(24)6-8-20/h2-8,13,16H,9-12,14-15H2,1H3,(H,25,29). The number of nitrogens with one attached hydrogen (secondary N) is 1. The Labute approximate surface area is 180 Å². The molecule has 0 spiro atoms. The number of benzene rings is 2. The molecule has 7 heteroatoms. The van der Waals surface area contributed by atoms with Gasteiger partial charge in [-0.15, -0.1) is 11.3 Å². The van der Waals surface area contributed by atoms with Gasteiger partial charge in [-0.1, -0.05) is 29.8 Å². The van der Waals surface area contributed by atoms with Crippen LogP contribution in [-0.4, -0.2) is 42.0 Å². The van der Waals surface area contributed by atoms with Gasteiger partial charge in [0, 0.05) is 43.8 Å². The first-order valence-electron chi connectivity index (χ1n) is 10.1. The quantitative estimate of drug-likeness (QED) is 0.653. The second kappa shape index (κ2) is 9.36. The molecular weight excluding hydrogens is 399 g/mol. The first-order chi connectivity index (χ1) is 14.6. The van der Waals surface area contributed by atoms with Gasteiger partial charge in [-0.05, 0) is 36.8 Å². The molecule has 1 aromatic heterocycles. The van der Waals surface area contributed by atoms with Crippen LogP contribution in [0.4, 0.5) is 10.1 Å². The molecule has 1 amide bonds. The summed E-state index contributed by atoms with van der Waals surface area (Å²) in [5.74, 6) is -0.347. The van der Waals surface area contributed by atoms with Gasteiger partial charge in [0.05, 0.1) is 6.54 Å². The molecular formula is C23H25FN4OS. The highest BCUT2D eigenvalue weighted by molar-refractivity contribution is 7.09. The summed E-state index contributed by atoms with van der Waals surface area (Å²) in [4.78, 5) is 21.6. The number of aryl methyl sites for hydroxylation is 1. The van der Waals surface area contributed by atoms with Crippen LogP contribution in [0.3, 0.4) is 0 Å². The zero-order chi connectivity index (χ0) is 20.9. The molecule has 5 nitrogen and oxygen atoms in total. The molecule has 0 bridgehead atoms. The Morgan fingerprint density at radius 3 is 2.63 bits per heavy atom. The van der Waals surface area contributed by atoms with Crippen molar-refractivity contribution >= 4 is 22.9 Å². The molecule has 1 saturated heterocycles. The number of aromatic nitrogens is 1. The highest BCUT2D eigenvalue weighted by Crippen LogP contribution is 2.19. The molecule has 2 aromatic carbocycles. The van der Waals surface area contributed by atoms with Gasteiger partial charge in [-0.2, -0.15) is 0 Å². The Balaban J connectivity index is 1.26. The fourth-order valence-electron chi connectivity index (χ4n) is 3.59. The van der Waals surface area contributed by atoms with Gasteiger partial charge in [0.1, 0.15) is 16.5 Å². The molecule has 3 aromatic rings. The Hall–Kier alpha value is -2.77. The number of amides is 1. The number of carbonyl (C=O) groups is 1. The maximum Gasteiger partial charge on any atom is 0.271 e. The number of anilines is 1. The smallest absolute Gasteiger partial charge is 0.271 e. The van der Waals surface area contributed by atoms with E-state index in [1.165, 1.54) is 29.0 Å². The Bertz CT molecular complexity index is 996. The fourth-order valence-corrected chi connectivity index (χ4v) is 4.41. The van der Waals surface area contributed by atoms with Crippen molar-refractivity contribution in [2.24, 2.45) is 0 Å². The van der Waals surface area contributed by atoms with E-state index < -0.39 is 0 Å². The number of hydrogen-bond acceptors (Lipinski definition) is 5. The molecule has 2 heterocycles. The Kier molecular flexibility index (Phi) is 6.40. The van der Waals surface area contributed by atoms with Gasteiger partial charge < -0.3 is 10.2 Å². The van der Waals surface area contributed by atoms with E-state index >= 15 is 0 Å². The lowest BCUT2D eigenvalue weighted by Crippen LogP contribution is -2.45. The van der Waals surface area contributed by atoms with Gasteiger partial charge >= 0.3 is 0 Å². The summed E-state index contributed by atoms with van der Waals surface area (Å²) >= 11 is 1.53. The van der Waals surface area contributed by atoms with E-state index in [9.17, 15) is 9.18 Å². The van der Waals surface area contributed by atoms with Crippen LogP contribution in [0.5, 0.6) is 0 Å². The molecule has 4 rings (SSSR count). The van der Waals surface area contributed by atoms with Crippen molar-refractivity contribution in [1.29, 1.82) is 0 Å². The molecule has 0 saturated carbocycles. The number of hydrogen-bond donors (Lipinski definition) is 1. The average Bonchev–Trinajstić information content (AvgIpc) is 3.22. The third kappa shape index (κ3) is 5.23. The van der Waals surface area contributed by atoms with Crippen molar-refractivity contribution in [2.75, 3.05) is 31.1 Å². The summed E-state index contributed by atoms with van der Waals surface area (Å²) in [6.07, 6.45) is 0. The van der Waals surface area contributed by atoms with E-state index in [-0.39, 0.29) is 11.7 Å². The maximum atomic E-state index is 13.1. The average molecular weight is 425 g/mol.